The maximum Gasteiger partial charge on any atom is 0.350 e. The molecule has 1 fully saturated rings. The first kappa shape index (κ1) is 28.5. The van der Waals surface area contributed by atoms with Crippen molar-refractivity contribution < 1.29 is 19.1 Å². The number of piperidine rings is 1. The standard InChI is InChI=1S/C31H44N2O4/c1-22(2)24-15-13-23(14-16-24)17-18-32-28(34)25-10-9-19-33(21-25)26-11-8-12-27(20-26)36-31(6,7)29(35)37-30(3,4)5/h8,11-16,20,22,25H,9-10,17-19,21H2,1-7H3,(H,32,34). The van der Waals surface area contributed by atoms with Crippen LogP contribution in [0.15, 0.2) is 48.5 Å². The number of hydrogen-bond donors (Lipinski definition) is 1. The minimum absolute atomic E-state index is 0.0557. The van der Waals surface area contributed by atoms with E-state index in [1.54, 1.807) is 13.8 Å². The Morgan fingerprint density at radius 3 is 2.41 bits per heavy atom. The zero-order chi connectivity index (χ0) is 27.2. The molecule has 3 rings (SSSR count). The Morgan fingerprint density at radius 1 is 1.05 bits per heavy atom. The highest BCUT2D eigenvalue weighted by molar-refractivity contribution is 5.80. The van der Waals surface area contributed by atoms with Crippen LogP contribution in [-0.4, -0.2) is 42.7 Å². The molecule has 0 radical (unpaired) electrons. The van der Waals surface area contributed by atoms with E-state index in [-0.39, 0.29) is 11.8 Å². The van der Waals surface area contributed by atoms with Crippen LogP contribution >= 0.6 is 0 Å². The molecular formula is C31H44N2O4. The van der Waals surface area contributed by atoms with E-state index in [4.69, 9.17) is 9.47 Å². The summed E-state index contributed by atoms with van der Waals surface area (Å²) in [5, 5.41) is 3.14. The molecule has 6 nitrogen and oxygen atoms in total. The van der Waals surface area contributed by atoms with Crippen molar-refractivity contribution in [3.05, 3.63) is 59.7 Å². The van der Waals surface area contributed by atoms with E-state index in [1.807, 2.05) is 45.0 Å². The number of carbonyl (C=O) groups excluding carboxylic acids is 2. The minimum Gasteiger partial charge on any atom is -0.476 e. The van der Waals surface area contributed by atoms with Crippen LogP contribution in [0, 0.1) is 5.92 Å². The highest BCUT2D eigenvalue weighted by atomic mass is 16.6. The molecule has 6 heteroatoms. The lowest BCUT2D eigenvalue weighted by Gasteiger charge is -2.34. The first-order valence-corrected chi connectivity index (χ1v) is 13.5. The second kappa shape index (κ2) is 12.0. The lowest BCUT2D eigenvalue weighted by molar-refractivity contribution is -0.170. The smallest absolute Gasteiger partial charge is 0.350 e. The summed E-state index contributed by atoms with van der Waals surface area (Å²) in [4.78, 5) is 27.8. The second-order valence-electron chi connectivity index (χ2n) is 11.8. The van der Waals surface area contributed by atoms with Crippen LogP contribution in [0.5, 0.6) is 5.75 Å². The third-order valence-corrected chi connectivity index (χ3v) is 6.60. The van der Waals surface area contributed by atoms with Crippen LogP contribution in [0.4, 0.5) is 5.69 Å². The summed E-state index contributed by atoms with van der Waals surface area (Å²) in [7, 11) is 0. The van der Waals surface area contributed by atoms with E-state index in [2.05, 4.69) is 48.3 Å². The van der Waals surface area contributed by atoms with Gasteiger partial charge in [-0.1, -0.05) is 44.2 Å². The number of benzene rings is 2. The number of carbonyl (C=O) groups is 2. The summed E-state index contributed by atoms with van der Waals surface area (Å²) in [5.41, 5.74) is 1.85. The molecule has 202 valence electrons. The number of nitrogens with one attached hydrogen (secondary N) is 1. The molecule has 1 aliphatic heterocycles. The van der Waals surface area contributed by atoms with Crippen LogP contribution in [-0.2, 0) is 20.7 Å². The molecule has 0 bridgehead atoms. The fourth-order valence-corrected chi connectivity index (χ4v) is 4.45. The number of hydrogen-bond acceptors (Lipinski definition) is 5. The number of amides is 1. The Bertz CT molecular complexity index is 1050. The van der Waals surface area contributed by atoms with E-state index in [1.165, 1.54) is 11.1 Å². The zero-order valence-corrected chi connectivity index (χ0v) is 23.6. The Hall–Kier alpha value is -3.02. The molecule has 2 aromatic carbocycles. The molecule has 0 saturated carbocycles. The van der Waals surface area contributed by atoms with E-state index >= 15 is 0 Å². The first-order chi connectivity index (χ1) is 17.3. The third kappa shape index (κ3) is 8.51. The van der Waals surface area contributed by atoms with Crippen molar-refractivity contribution in [1.82, 2.24) is 5.32 Å². The molecule has 1 aliphatic rings. The summed E-state index contributed by atoms with van der Waals surface area (Å²) in [6.45, 7) is 15.5. The van der Waals surface area contributed by atoms with Gasteiger partial charge in [-0.25, -0.2) is 4.79 Å². The van der Waals surface area contributed by atoms with E-state index in [0.717, 1.165) is 31.5 Å². The largest absolute Gasteiger partial charge is 0.476 e. The Kier molecular flexibility index (Phi) is 9.27. The summed E-state index contributed by atoms with van der Waals surface area (Å²) < 4.78 is 11.6. The quantitative estimate of drug-likeness (QED) is 0.428. The number of esters is 1. The van der Waals surface area contributed by atoms with Gasteiger partial charge in [0.1, 0.15) is 11.4 Å². The molecule has 0 aromatic heterocycles. The van der Waals surface area contributed by atoms with Crippen molar-refractivity contribution in [2.75, 3.05) is 24.5 Å². The van der Waals surface area contributed by atoms with E-state index < -0.39 is 17.2 Å². The van der Waals surface area contributed by atoms with Gasteiger partial charge >= 0.3 is 5.97 Å². The molecule has 1 atom stereocenters. The van der Waals surface area contributed by atoms with Crippen molar-refractivity contribution in [1.29, 1.82) is 0 Å². The van der Waals surface area contributed by atoms with Gasteiger partial charge in [-0.15, -0.1) is 0 Å². The first-order valence-electron chi connectivity index (χ1n) is 13.5. The van der Waals surface area contributed by atoms with Crippen molar-refractivity contribution in [3.8, 4) is 5.75 Å². The van der Waals surface area contributed by atoms with Crippen molar-refractivity contribution in [2.45, 2.75) is 84.8 Å². The molecule has 1 N–H and O–H groups in total. The molecule has 0 spiro atoms. The lowest BCUT2D eigenvalue weighted by atomic mass is 9.96. The van der Waals surface area contributed by atoms with Gasteiger partial charge in [0.25, 0.3) is 0 Å². The predicted octanol–water partition coefficient (Wildman–Crippen LogP) is 5.88. The molecule has 1 saturated heterocycles. The Morgan fingerprint density at radius 2 is 1.76 bits per heavy atom. The van der Waals surface area contributed by atoms with Gasteiger partial charge in [0.05, 0.1) is 5.92 Å². The average Bonchev–Trinajstić information content (AvgIpc) is 2.83. The molecule has 37 heavy (non-hydrogen) atoms. The molecule has 1 amide bonds. The van der Waals surface area contributed by atoms with Crippen LogP contribution in [0.3, 0.4) is 0 Å². The van der Waals surface area contributed by atoms with Crippen molar-refractivity contribution in [2.24, 2.45) is 5.92 Å². The molecule has 0 aliphatic carbocycles. The van der Waals surface area contributed by atoms with Crippen LogP contribution in [0.1, 0.15) is 78.4 Å². The number of ether oxygens (including phenoxy) is 2. The second-order valence-corrected chi connectivity index (χ2v) is 11.8. The Labute approximate surface area is 222 Å². The highest BCUT2D eigenvalue weighted by Crippen LogP contribution is 2.29. The fraction of sp³-hybridized carbons (Fsp3) is 0.548. The van der Waals surface area contributed by atoms with Gasteiger partial charge in [-0.05, 0) is 83.1 Å². The lowest BCUT2D eigenvalue weighted by Crippen LogP contribution is -2.44. The van der Waals surface area contributed by atoms with Crippen molar-refractivity contribution in [3.63, 3.8) is 0 Å². The highest BCUT2D eigenvalue weighted by Gasteiger charge is 2.35. The number of rotatable bonds is 9. The Balaban J connectivity index is 1.55. The molecular weight excluding hydrogens is 464 g/mol. The summed E-state index contributed by atoms with van der Waals surface area (Å²) in [5.74, 6) is 0.771. The van der Waals surface area contributed by atoms with Crippen LogP contribution in [0.2, 0.25) is 0 Å². The molecule has 1 heterocycles. The van der Waals surface area contributed by atoms with Gasteiger partial charge in [0, 0.05) is 31.4 Å². The molecule has 1 unspecified atom stereocenters. The van der Waals surface area contributed by atoms with E-state index in [9.17, 15) is 9.59 Å². The number of anilines is 1. The van der Waals surface area contributed by atoms with Gasteiger partial charge in [0.2, 0.25) is 5.91 Å². The van der Waals surface area contributed by atoms with Gasteiger partial charge in [-0.3, -0.25) is 4.79 Å². The number of nitrogens with zero attached hydrogens (tertiary/aromatic N) is 1. The minimum atomic E-state index is -1.12. The maximum absolute atomic E-state index is 12.9. The van der Waals surface area contributed by atoms with Crippen LogP contribution in [0.25, 0.3) is 0 Å². The van der Waals surface area contributed by atoms with Crippen molar-refractivity contribution >= 4 is 17.6 Å². The van der Waals surface area contributed by atoms with Gasteiger partial charge < -0.3 is 19.7 Å². The average molecular weight is 509 g/mol. The summed E-state index contributed by atoms with van der Waals surface area (Å²) in [6.07, 6.45) is 2.66. The van der Waals surface area contributed by atoms with E-state index in [0.29, 0.717) is 24.8 Å². The summed E-state index contributed by atoms with van der Waals surface area (Å²) in [6, 6.07) is 16.4. The van der Waals surface area contributed by atoms with Crippen LogP contribution < -0.4 is 15.0 Å². The van der Waals surface area contributed by atoms with Gasteiger partial charge in [-0.2, -0.15) is 0 Å². The normalized spacial score (nSPS) is 16.4. The monoisotopic (exact) mass is 508 g/mol. The summed E-state index contributed by atoms with van der Waals surface area (Å²) >= 11 is 0. The third-order valence-electron chi connectivity index (χ3n) is 6.60. The molecule has 2 aromatic rings. The fourth-order valence-electron chi connectivity index (χ4n) is 4.45. The maximum atomic E-state index is 12.9. The van der Waals surface area contributed by atoms with Gasteiger partial charge in [0.15, 0.2) is 5.60 Å². The predicted molar refractivity (Wildman–Crippen MR) is 149 cm³/mol. The zero-order valence-electron chi connectivity index (χ0n) is 23.6. The topological polar surface area (TPSA) is 67.9 Å². The SMILES string of the molecule is CC(C)c1ccc(CCNC(=O)C2CCCN(c3cccc(OC(C)(C)C(=O)OC(C)(C)C)c3)C2)cc1.